The van der Waals surface area contributed by atoms with Crippen molar-refractivity contribution in [3.8, 4) is 0 Å². The van der Waals surface area contributed by atoms with Crippen LogP contribution in [0.2, 0.25) is 0 Å². The summed E-state index contributed by atoms with van der Waals surface area (Å²) in [5, 5.41) is 3.35. The van der Waals surface area contributed by atoms with Gasteiger partial charge in [-0.15, -0.1) is 0 Å². The normalized spacial score (nSPS) is 29.0. The van der Waals surface area contributed by atoms with Gasteiger partial charge in [-0.3, -0.25) is 9.80 Å². The first kappa shape index (κ1) is 11.4. The summed E-state index contributed by atoms with van der Waals surface area (Å²) >= 11 is 0. The van der Waals surface area contributed by atoms with E-state index in [1.165, 1.54) is 39.0 Å². The highest BCUT2D eigenvalue weighted by molar-refractivity contribution is 4.89. The minimum absolute atomic E-state index is 0.595. The topological polar surface area (TPSA) is 18.5 Å². The van der Waals surface area contributed by atoms with Gasteiger partial charge in [-0.05, 0) is 33.7 Å². The van der Waals surface area contributed by atoms with Crippen LogP contribution in [0.15, 0.2) is 0 Å². The Morgan fingerprint density at radius 3 is 2.13 bits per heavy atom. The van der Waals surface area contributed by atoms with Crippen LogP contribution in [0.1, 0.15) is 26.7 Å². The van der Waals surface area contributed by atoms with Crippen molar-refractivity contribution in [2.45, 2.75) is 44.8 Å². The van der Waals surface area contributed by atoms with Gasteiger partial charge in [-0.25, -0.2) is 0 Å². The molecule has 1 saturated heterocycles. The van der Waals surface area contributed by atoms with Crippen molar-refractivity contribution in [2.24, 2.45) is 0 Å². The minimum atomic E-state index is 0.595. The van der Waals surface area contributed by atoms with E-state index in [9.17, 15) is 0 Å². The lowest BCUT2D eigenvalue weighted by molar-refractivity contribution is 0.0855. The van der Waals surface area contributed by atoms with Crippen molar-refractivity contribution in [1.29, 1.82) is 0 Å². The number of hydrogen-bond acceptors (Lipinski definition) is 3. The van der Waals surface area contributed by atoms with E-state index in [1.807, 2.05) is 0 Å². The van der Waals surface area contributed by atoms with Crippen molar-refractivity contribution < 1.29 is 0 Å². The number of nitrogens with one attached hydrogen (secondary N) is 1. The summed E-state index contributed by atoms with van der Waals surface area (Å²) in [6.45, 7) is 9.69. The zero-order valence-electron chi connectivity index (χ0n) is 10.4. The molecule has 0 aromatic carbocycles. The SMILES string of the molecule is CNC(C)C(C)N1CCN(C2CC2)CC1. The molecule has 1 heterocycles. The summed E-state index contributed by atoms with van der Waals surface area (Å²) in [5.41, 5.74) is 0. The molecule has 2 atom stereocenters. The molecule has 0 spiro atoms. The fourth-order valence-corrected chi connectivity index (χ4v) is 2.51. The fourth-order valence-electron chi connectivity index (χ4n) is 2.51. The number of piperazine rings is 1. The smallest absolute Gasteiger partial charge is 0.0219 e. The Morgan fingerprint density at radius 1 is 1.07 bits per heavy atom. The highest BCUT2D eigenvalue weighted by Crippen LogP contribution is 2.27. The van der Waals surface area contributed by atoms with Gasteiger partial charge < -0.3 is 5.32 Å². The van der Waals surface area contributed by atoms with Crippen LogP contribution in [0, 0.1) is 0 Å². The molecule has 3 heteroatoms. The van der Waals surface area contributed by atoms with Crippen molar-refractivity contribution in [1.82, 2.24) is 15.1 Å². The maximum absolute atomic E-state index is 3.35. The van der Waals surface area contributed by atoms with Crippen LogP contribution < -0.4 is 5.32 Å². The molecule has 1 saturated carbocycles. The Hall–Kier alpha value is -0.120. The van der Waals surface area contributed by atoms with E-state index in [0.717, 1.165) is 6.04 Å². The molecule has 15 heavy (non-hydrogen) atoms. The first-order chi connectivity index (χ1) is 7.22. The van der Waals surface area contributed by atoms with Gasteiger partial charge in [-0.1, -0.05) is 0 Å². The van der Waals surface area contributed by atoms with Crippen LogP contribution in [-0.4, -0.2) is 61.2 Å². The lowest BCUT2D eigenvalue weighted by Gasteiger charge is -2.40. The van der Waals surface area contributed by atoms with Crippen molar-refractivity contribution >= 4 is 0 Å². The van der Waals surface area contributed by atoms with E-state index in [2.05, 4.69) is 36.0 Å². The third-order valence-electron chi connectivity index (χ3n) is 4.17. The Morgan fingerprint density at radius 2 is 1.67 bits per heavy atom. The molecule has 0 aromatic rings. The standard InChI is InChI=1S/C12H25N3/c1-10(13-3)11(2)14-6-8-15(9-7-14)12-4-5-12/h10-13H,4-9H2,1-3H3. The van der Waals surface area contributed by atoms with E-state index in [0.29, 0.717) is 12.1 Å². The minimum Gasteiger partial charge on any atom is -0.316 e. The molecule has 2 aliphatic rings. The van der Waals surface area contributed by atoms with Gasteiger partial charge in [0.05, 0.1) is 0 Å². The van der Waals surface area contributed by atoms with Crippen molar-refractivity contribution in [3.05, 3.63) is 0 Å². The zero-order chi connectivity index (χ0) is 10.8. The summed E-state index contributed by atoms with van der Waals surface area (Å²) in [6, 6.07) is 2.21. The average molecular weight is 211 g/mol. The molecule has 88 valence electrons. The Balaban J connectivity index is 1.76. The van der Waals surface area contributed by atoms with E-state index in [4.69, 9.17) is 0 Å². The summed E-state index contributed by atoms with van der Waals surface area (Å²) in [5.74, 6) is 0. The van der Waals surface area contributed by atoms with Crippen LogP contribution in [0.3, 0.4) is 0 Å². The quantitative estimate of drug-likeness (QED) is 0.741. The maximum Gasteiger partial charge on any atom is 0.0219 e. The highest BCUT2D eigenvalue weighted by Gasteiger charge is 2.32. The number of nitrogens with zero attached hydrogens (tertiary/aromatic N) is 2. The summed E-state index contributed by atoms with van der Waals surface area (Å²) in [7, 11) is 2.06. The van der Waals surface area contributed by atoms with Gasteiger partial charge in [0.25, 0.3) is 0 Å². The van der Waals surface area contributed by atoms with E-state index in [-0.39, 0.29) is 0 Å². The molecule has 2 unspecified atom stereocenters. The van der Waals surface area contributed by atoms with Crippen LogP contribution >= 0.6 is 0 Å². The predicted molar refractivity (Wildman–Crippen MR) is 64.2 cm³/mol. The highest BCUT2D eigenvalue weighted by atomic mass is 15.3. The van der Waals surface area contributed by atoms with E-state index >= 15 is 0 Å². The molecule has 0 aromatic heterocycles. The molecule has 1 N–H and O–H groups in total. The van der Waals surface area contributed by atoms with Crippen molar-refractivity contribution in [2.75, 3.05) is 33.2 Å². The first-order valence-electron chi connectivity index (χ1n) is 6.37. The second-order valence-corrected chi connectivity index (χ2v) is 5.12. The van der Waals surface area contributed by atoms with Crippen LogP contribution in [0.5, 0.6) is 0 Å². The Labute approximate surface area is 93.8 Å². The molecule has 1 aliphatic heterocycles. The Bertz CT molecular complexity index is 195. The average Bonchev–Trinajstić information content (AvgIpc) is 3.11. The van der Waals surface area contributed by atoms with Crippen LogP contribution in [0.25, 0.3) is 0 Å². The van der Waals surface area contributed by atoms with Gasteiger partial charge in [0.1, 0.15) is 0 Å². The third kappa shape index (κ3) is 2.71. The van der Waals surface area contributed by atoms with Crippen LogP contribution in [0.4, 0.5) is 0 Å². The molecule has 1 aliphatic carbocycles. The van der Waals surface area contributed by atoms with Gasteiger partial charge in [0, 0.05) is 44.3 Å². The number of likely N-dealkylation sites (N-methyl/N-ethyl adjacent to an activating group) is 1. The summed E-state index contributed by atoms with van der Waals surface area (Å²) < 4.78 is 0. The maximum atomic E-state index is 3.35. The second-order valence-electron chi connectivity index (χ2n) is 5.12. The van der Waals surface area contributed by atoms with E-state index in [1.54, 1.807) is 0 Å². The second kappa shape index (κ2) is 4.81. The fraction of sp³-hybridized carbons (Fsp3) is 1.00. The number of hydrogen-bond donors (Lipinski definition) is 1. The molecule has 0 radical (unpaired) electrons. The summed E-state index contributed by atoms with van der Waals surface area (Å²) in [6.07, 6.45) is 2.89. The molecule has 2 rings (SSSR count). The monoisotopic (exact) mass is 211 g/mol. The zero-order valence-corrected chi connectivity index (χ0v) is 10.4. The predicted octanol–water partition coefficient (Wildman–Crippen LogP) is 0.763. The molecular weight excluding hydrogens is 186 g/mol. The van der Waals surface area contributed by atoms with Gasteiger partial charge in [-0.2, -0.15) is 0 Å². The molecule has 3 nitrogen and oxygen atoms in total. The van der Waals surface area contributed by atoms with Gasteiger partial charge >= 0.3 is 0 Å². The lowest BCUT2D eigenvalue weighted by Crippen LogP contribution is -2.54. The van der Waals surface area contributed by atoms with Crippen molar-refractivity contribution in [3.63, 3.8) is 0 Å². The molecular formula is C12H25N3. The third-order valence-corrected chi connectivity index (χ3v) is 4.17. The van der Waals surface area contributed by atoms with E-state index < -0.39 is 0 Å². The Kier molecular flexibility index (Phi) is 3.65. The summed E-state index contributed by atoms with van der Waals surface area (Å²) in [4.78, 5) is 5.30. The lowest BCUT2D eigenvalue weighted by atomic mass is 10.1. The van der Waals surface area contributed by atoms with Gasteiger partial charge in [0.2, 0.25) is 0 Å². The molecule has 0 bridgehead atoms. The van der Waals surface area contributed by atoms with Gasteiger partial charge in [0.15, 0.2) is 0 Å². The van der Waals surface area contributed by atoms with Crippen LogP contribution in [-0.2, 0) is 0 Å². The molecule has 2 fully saturated rings. The largest absolute Gasteiger partial charge is 0.316 e. The first-order valence-corrected chi connectivity index (χ1v) is 6.37. The molecule has 0 amide bonds. The number of rotatable bonds is 4.